The molecule has 1 N–H and O–H groups in total. The molecule has 38 heavy (non-hydrogen) atoms. The van der Waals surface area contributed by atoms with E-state index in [0.29, 0.717) is 42.3 Å². The Labute approximate surface area is 223 Å². The average Bonchev–Trinajstić information content (AvgIpc) is 3.69. The summed E-state index contributed by atoms with van der Waals surface area (Å²) in [5, 5.41) is 14.0. The van der Waals surface area contributed by atoms with E-state index < -0.39 is 0 Å². The molecular weight excluding hydrogens is 502 g/mol. The van der Waals surface area contributed by atoms with E-state index in [1.807, 2.05) is 34.9 Å². The first-order valence-corrected chi connectivity index (χ1v) is 12.7. The Balaban J connectivity index is 1.36. The lowest BCUT2D eigenvalue weighted by atomic mass is 10.1. The number of hydrogen-bond acceptors (Lipinski definition) is 7. The summed E-state index contributed by atoms with van der Waals surface area (Å²) in [7, 11) is 3.26. The van der Waals surface area contributed by atoms with E-state index in [2.05, 4.69) is 16.8 Å². The number of fused-ring (bicyclic) bond motifs is 1. The Bertz CT molecular complexity index is 1580. The fourth-order valence-corrected chi connectivity index (χ4v) is 4.98. The smallest absolute Gasteiger partial charge is 0.322 e. The maximum Gasteiger partial charge on any atom is 0.322 e. The number of amides is 2. The molecule has 2 aromatic carbocycles. The second-order valence-electron chi connectivity index (χ2n) is 8.44. The van der Waals surface area contributed by atoms with Crippen LogP contribution in [0, 0.1) is 11.3 Å². The van der Waals surface area contributed by atoms with Crippen molar-refractivity contribution < 1.29 is 18.7 Å². The number of rotatable bonds is 9. The third-order valence-electron chi connectivity index (χ3n) is 6.08. The van der Waals surface area contributed by atoms with Gasteiger partial charge in [0.2, 0.25) is 0 Å². The van der Waals surface area contributed by atoms with Crippen molar-refractivity contribution in [3.63, 3.8) is 0 Å². The first-order chi connectivity index (χ1) is 18.6. The zero-order chi connectivity index (χ0) is 26.5. The molecule has 0 fully saturated rings. The summed E-state index contributed by atoms with van der Waals surface area (Å²) in [5.41, 5.74) is 3.79. The molecule has 0 spiro atoms. The lowest BCUT2D eigenvalue weighted by Gasteiger charge is -2.22. The van der Waals surface area contributed by atoms with Crippen LogP contribution < -0.4 is 14.8 Å². The first kappa shape index (κ1) is 24.9. The third kappa shape index (κ3) is 5.33. The number of nitriles is 1. The fourth-order valence-electron chi connectivity index (χ4n) is 4.08. The van der Waals surface area contributed by atoms with E-state index >= 15 is 0 Å². The molecule has 9 nitrogen and oxygen atoms in total. The Morgan fingerprint density at radius 3 is 2.74 bits per heavy atom. The highest BCUT2D eigenvalue weighted by atomic mass is 32.1. The molecule has 3 heterocycles. The van der Waals surface area contributed by atoms with E-state index in [1.165, 1.54) is 0 Å². The second kappa shape index (κ2) is 11.1. The van der Waals surface area contributed by atoms with E-state index in [9.17, 15) is 4.79 Å². The first-order valence-electron chi connectivity index (χ1n) is 11.8. The van der Waals surface area contributed by atoms with Crippen molar-refractivity contribution in [3.05, 3.63) is 89.5 Å². The minimum atomic E-state index is -0.259. The molecule has 0 atom stereocenters. The van der Waals surface area contributed by atoms with Crippen LogP contribution in [0.2, 0.25) is 0 Å². The number of benzene rings is 2. The van der Waals surface area contributed by atoms with Crippen LogP contribution in [-0.2, 0) is 13.0 Å². The number of thiazole rings is 1. The molecule has 5 aromatic rings. The predicted octanol–water partition coefficient (Wildman–Crippen LogP) is 5.82. The molecule has 0 radical (unpaired) electrons. The van der Waals surface area contributed by atoms with E-state index in [-0.39, 0.29) is 6.03 Å². The van der Waals surface area contributed by atoms with Crippen molar-refractivity contribution in [1.82, 2.24) is 14.3 Å². The monoisotopic (exact) mass is 527 g/mol. The van der Waals surface area contributed by atoms with Crippen molar-refractivity contribution in [2.75, 3.05) is 26.1 Å². The van der Waals surface area contributed by atoms with Gasteiger partial charge in [-0.3, -0.25) is 4.40 Å². The molecule has 0 aliphatic rings. The second-order valence-corrected chi connectivity index (χ2v) is 9.28. The summed E-state index contributed by atoms with van der Waals surface area (Å²) < 4.78 is 18.5. The van der Waals surface area contributed by atoms with Crippen LogP contribution in [0.1, 0.15) is 17.0 Å². The molecule has 192 valence electrons. The number of ether oxygens (including phenoxy) is 2. The minimum absolute atomic E-state index is 0.259. The van der Waals surface area contributed by atoms with Crippen LogP contribution in [0.15, 0.2) is 76.9 Å². The van der Waals surface area contributed by atoms with Gasteiger partial charge in [0, 0.05) is 41.5 Å². The highest BCUT2D eigenvalue weighted by molar-refractivity contribution is 7.15. The number of urea groups is 1. The van der Waals surface area contributed by atoms with Crippen LogP contribution in [0.5, 0.6) is 11.5 Å². The highest BCUT2D eigenvalue weighted by Gasteiger charge is 2.18. The van der Waals surface area contributed by atoms with Crippen molar-refractivity contribution in [2.24, 2.45) is 0 Å². The number of nitrogens with one attached hydrogen (secondary N) is 1. The molecule has 0 saturated heterocycles. The van der Waals surface area contributed by atoms with Crippen LogP contribution in [0.3, 0.4) is 0 Å². The Morgan fingerprint density at radius 1 is 1.18 bits per heavy atom. The largest absolute Gasteiger partial charge is 0.497 e. The highest BCUT2D eigenvalue weighted by Crippen LogP contribution is 2.34. The van der Waals surface area contributed by atoms with Crippen molar-refractivity contribution in [3.8, 4) is 28.8 Å². The molecule has 5 rings (SSSR count). The van der Waals surface area contributed by atoms with Crippen LogP contribution in [-0.4, -0.2) is 41.1 Å². The van der Waals surface area contributed by atoms with Gasteiger partial charge in [0.15, 0.2) is 4.96 Å². The standard InChI is InChI=1S/C28H25N5O4S/c1-35-22-9-10-26(36-2)24(14-22)25-17-33-21(18-38-28(33)31-25)11-12-32(16-23-4-3-13-37-23)27(34)30-20-7-5-19(15-29)6-8-20/h3-10,13-14,17-18H,11-12,16H2,1-2H3,(H,30,34). The summed E-state index contributed by atoms with van der Waals surface area (Å²) in [6, 6.07) is 17.8. The lowest BCUT2D eigenvalue weighted by molar-refractivity contribution is 0.204. The molecular formula is C28H25N5O4S. The van der Waals surface area contributed by atoms with Crippen molar-refractivity contribution in [1.29, 1.82) is 5.26 Å². The summed E-state index contributed by atoms with van der Waals surface area (Å²) in [4.78, 5) is 20.5. The zero-order valence-electron chi connectivity index (χ0n) is 20.9. The molecule has 10 heteroatoms. The normalized spacial score (nSPS) is 10.8. The van der Waals surface area contributed by atoms with Crippen LogP contribution in [0.25, 0.3) is 16.2 Å². The van der Waals surface area contributed by atoms with Crippen molar-refractivity contribution >= 4 is 28.0 Å². The molecule has 0 saturated carbocycles. The number of nitrogens with zero attached hydrogens (tertiary/aromatic N) is 4. The number of carbonyl (C=O) groups is 1. The van der Waals surface area contributed by atoms with Gasteiger partial charge >= 0.3 is 6.03 Å². The predicted molar refractivity (Wildman–Crippen MR) is 145 cm³/mol. The number of methoxy groups -OCH3 is 2. The Hall–Kier alpha value is -4.75. The molecule has 0 aliphatic heterocycles. The van der Waals surface area contributed by atoms with Gasteiger partial charge in [0.25, 0.3) is 0 Å². The molecule has 0 bridgehead atoms. The number of hydrogen-bond donors (Lipinski definition) is 1. The van der Waals surface area contributed by atoms with E-state index in [0.717, 1.165) is 27.7 Å². The van der Waals surface area contributed by atoms with Gasteiger partial charge in [0.05, 0.1) is 44.4 Å². The fraction of sp³-hybridized carbons (Fsp3) is 0.179. The molecule has 0 unspecified atom stereocenters. The van der Waals surface area contributed by atoms with Gasteiger partial charge in [0.1, 0.15) is 17.3 Å². The van der Waals surface area contributed by atoms with Gasteiger partial charge in [-0.05, 0) is 54.6 Å². The number of carbonyl (C=O) groups excluding carboxylic acids is 1. The third-order valence-corrected chi connectivity index (χ3v) is 6.97. The molecule has 3 aromatic heterocycles. The minimum Gasteiger partial charge on any atom is -0.497 e. The summed E-state index contributed by atoms with van der Waals surface area (Å²) in [6.07, 6.45) is 4.17. The van der Waals surface area contributed by atoms with E-state index in [1.54, 1.807) is 67.1 Å². The van der Waals surface area contributed by atoms with Gasteiger partial charge in [-0.25, -0.2) is 9.78 Å². The number of imidazole rings is 1. The molecule has 0 aliphatic carbocycles. The SMILES string of the molecule is COc1ccc(OC)c(-c2cn3c(CCN(Cc4ccco4)C(=O)Nc4ccc(C#N)cc4)csc3n2)c1. The summed E-state index contributed by atoms with van der Waals surface area (Å²) in [6.45, 7) is 0.767. The van der Waals surface area contributed by atoms with Crippen LogP contribution in [0.4, 0.5) is 10.5 Å². The number of furan rings is 1. The quantitative estimate of drug-likeness (QED) is 0.259. The maximum atomic E-state index is 13.2. The molecule has 2 amide bonds. The van der Waals surface area contributed by atoms with Gasteiger partial charge in [-0.2, -0.15) is 5.26 Å². The summed E-state index contributed by atoms with van der Waals surface area (Å²) >= 11 is 1.54. The average molecular weight is 528 g/mol. The van der Waals surface area contributed by atoms with Gasteiger partial charge < -0.3 is 24.1 Å². The zero-order valence-corrected chi connectivity index (χ0v) is 21.7. The maximum absolute atomic E-state index is 13.2. The van der Waals surface area contributed by atoms with Gasteiger partial charge in [-0.15, -0.1) is 11.3 Å². The number of anilines is 1. The Morgan fingerprint density at radius 2 is 2.03 bits per heavy atom. The van der Waals surface area contributed by atoms with Crippen LogP contribution >= 0.6 is 11.3 Å². The lowest BCUT2D eigenvalue weighted by Crippen LogP contribution is -2.36. The number of aromatic nitrogens is 2. The summed E-state index contributed by atoms with van der Waals surface area (Å²) in [5.74, 6) is 2.12. The van der Waals surface area contributed by atoms with E-state index in [4.69, 9.17) is 24.1 Å². The van der Waals surface area contributed by atoms with Crippen molar-refractivity contribution in [2.45, 2.75) is 13.0 Å². The Kier molecular flexibility index (Phi) is 7.28. The topological polar surface area (TPSA) is 105 Å². The van der Waals surface area contributed by atoms with Gasteiger partial charge in [-0.1, -0.05) is 0 Å².